The second-order valence-electron chi connectivity index (χ2n) is 5.18. The van der Waals surface area contributed by atoms with E-state index in [2.05, 4.69) is 11.2 Å². The Labute approximate surface area is 124 Å². The van der Waals surface area contributed by atoms with E-state index in [0.29, 0.717) is 11.3 Å². The van der Waals surface area contributed by atoms with E-state index < -0.39 is 0 Å². The molecule has 0 saturated carbocycles. The first-order chi connectivity index (χ1) is 9.93. The highest BCUT2D eigenvalue weighted by Gasteiger charge is 2.09. The summed E-state index contributed by atoms with van der Waals surface area (Å²) in [6.45, 7) is 7.58. The highest BCUT2D eigenvalue weighted by atomic mass is 16.1. The Hall–Kier alpha value is -2.67. The molecule has 4 nitrogen and oxygen atoms in total. The van der Waals surface area contributed by atoms with Crippen LogP contribution in [-0.4, -0.2) is 10.9 Å². The fourth-order valence-electron chi connectivity index (χ4n) is 2.25. The van der Waals surface area contributed by atoms with Gasteiger partial charge in [-0.05, 0) is 50.5 Å². The van der Waals surface area contributed by atoms with E-state index in [9.17, 15) is 4.79 Å². The van der Waals surface area contributed by atoms with Gasteiger partial charge < -0.3 is 0 Å². The first kappa shape index (κ1) is 14.7. The van der Waals surface area contributed by atoms with Gasteiger partial charge in [-0.15, -0.1) is 0 Å². The number of rotatable bonds is 2. The summed E-state index contributed by atoms with van der Waals surface area (Å²) in [6, 6.07) is 9.76. The summed E-state index contributed by atoms with van der Waals surface area (Å²) in [4.78, 5) is 12.2. The molecule has 106 valence electrons. The topological polar surface area (TPSA) is 58.1 Å². The van der Waals surface area contributed by atoms with E-state index in [1.165, 1.54) is 10.2 Å². The summed E-state index contributed by atoms with van der Waals surface area (Å²) in [5, 5.41) is 13.3. The van der Waals surface area contributed by atoms with Gasteiger partial charge in [-0.25, -0.2) is 4.68 Å². The highest BCUT2D eigenvalue weighted by Crippen LogP contribution is 2.09. The normalized spacial score (nSPS) is 10.8. The Balaban J connectivity index is 2.52. The third kappa shape index (κ3) is 2.92. The van der Waals surface area contributed by atoms with Gasteiger partial charge >= 0.3 is 0 Å². The van der Waals surface area contributed by atoms with Gasteiger partial charge in [0.15, 0.2) is 0 Å². The average Bonchev–Trinajstić information content (AvgIpc) is 2.40. The van der Waals surface area contributed by atoms with Crippen LogP contribution >= 0.6 is 0 Å². The molecular formula is C17H17N3O. The molecular weight excluding hydrogens is 262 g/mol. The van der Waals surface area contributed by atoms with E-state index in [1.54, 1.807) is 26.1 Å². The van der Waals surface area contributed by atoms with Gasteiger partial charge in [-0.1, -0.05) is 23.8 Å². The van der Waals surface area contributed by atoms with Crippen LogP contribution in [0, 0.1) is 39.0 Å². The molecule has 1 heterocycles. The van der Waals surface area contributed by atoms with Crippen molar-refractivity contribution in [2.24, 2.45) is 5.10 Å². The Kier molecular flexibility index (Phi) is 4.04. The molecule has 2 aromatic rings. The molecule has 0 bridgehead atoms. The Morgan fingerprint density at radius 1 is 1.14 bits per heavy atom. The van der Waals surface area contributed by atoms with E-state index in [1.807, 2.05) is 32.0 Å². The van der Waals surface area contributed by atoms with E-state index in [-0.39, 0.29) is 11.1 Å². The van der Waals surface area contributed by atoms with Crippen LogP contribution in [0.2, 0.25) is 0 Å². The summed E-state index contributed by atoms with van der Waals surface area (Å²) >= 11 is 0. The highest BCUT2D eigenvalue weighted by molar-refractivity contribution is 5.81. The summed E-state index contributed by atoms with van der Waals surface area (Å²) in [5.41, 5.74) is 4.37. The maximum Gasteiger partial charge on any atom is 0.289 e. The molecule has 4 heteroatoms. The quantitative estimate of drug-likeness (QED) is 0.794. The molecule has 0 aliphatic carbocycles. The minimum Gasteiger partial charge on any atom is -0.266 e. The molecule has 0 saturated heterocycles. The lowest BCUT2D eigenvalue weighted by atomic mass is 10.1. The SMILES string of the molecule is Cc1ccc(C=Nn2c(C)cc(C)c(C#N)c2=O)c(C)c1. The number of aromatic nitrogens is 1. The Morgan fingerprint density at radius 2 is 1.86 bits per heavy atom. The largest absolute Gasteiger partial charge is 0.289 e. The number of aryl methyl sites for hydroxylation is 4. The molecule has 1 aromatic carbocycles. The standard InChI is InChI=1S/C17H17N3O/c1-11-5-6-15(12(2)7-11)10-19-20-14(4)8-13(3)16(9-18)17(20)21/h5-8,10H,1-4H3. The number of nitriles is 1. The van der Waals surface area contributed by atoms with E-state index >= 15 is 0 Å². The second-order valence-corrected chi connectivity index (χ2v) is 5.18. The number of hydrogen-bond donors (Lipinski definition) is 0. The molecule has 0 aliphatic heterocycles. The Bertz CT molecular complexity index is 823. The third-order valence-corrected chi connectivity index (χ3v) is 3.41. The summed E-state index contributed by atoms with van der Waals surface area (Å²) < 4.78 is 1.27. The van der Waals surface area contributed by atoms with Crippen LogP contribution in [0.5, 0.6) is 0 Å². The monoisotopic (exact) mass is 279 g/mol. The van der Waals surface area contributed by atoms with E-state index in [4.69, 9.17) is 5.26 Å². The van der Waals surface area contributed by atoms with Crippen LogP contribution in [0.1, 0.15) is 33.5 Å². The lowest BCUT2D eigenvalue weighted by molar-refractivity contribution is 0.786. The lowest BCUT2D eigenvalue weighted by Crippen LogP contribution is -2.22. The van der Waals surface area contributed by atoms with E-state index in [0.717, 1.165) is 11.1 Å². The van der Waals surface area contributed by atoms with Crippen molar-refractivity contribution in [3.63, 3.8) is 0 Å². The molecule has 21 heavy (non-hydrogen) atoms. The zero-order chi connectivity index (χ0) is 15.6. The predicted molar refractivity (Wildman–Crippen MR) is 83.8 cm³/mol. The minimum absolute atomic E-state index is 0.137. The maximum absolute atomic E-state index is 12.2. The first-order valence-electron chi connectivity index (χ1n) is 6.69. The number of nitrogens with zero attached hydrogens (tertiary/aromatic N) is 3. The fourth-order valence-corrected chi connectivity index (χ4v) is 2.25. The van der Waals surface area contributed by atoms with Crippen molar-refractivity contribution >= 4 is 6.21 Å². The number of pyridine rings is 1. The van der Waals surface area contributed by atoms with Crippen molar-refractivity contribution in [2.45, 2.75) is 27.7 Å². The molecule has 0 atom stereocenters. The van der Waals surface area contributed by atoms with Crippen molar-refractivity contribution in [3.05, 3.63) is 68.1 Å². The summed E-state index contributed by atoms with van der Waals surface area (Å²) in [5.74, 6) is 0. The van der Waals surface area contributed by atoms with Crippen molar-refractivity contribution in [1.29, 1.82) is 5.26 Å². The van der Waals surface area contributed by atoms with Crippen LogP contribution < -0.4 is 5.56 Å². The van der Waals surface area contributed by atoms with Crippen molar-refractivity contribution in [3.8, 4) is 6.07 Å². The average molecular weight is 279 g/mol. The zero-order valence-corrected chi connectivity index (χ0v) is 12.6. The fraction of sp³-hybridized carbons (Fsp3) is 0.235. The minimum atomic E-state index is -0.379. The molecule has 0 spiro atoms. The second kappa shape index (κ2) is 5.76. The smallest absolute Gasteiger partial charge is 0.266 e. The van der Waals surface area contributed by atoms with Gasteiger partial charge in [0.05, 0.1) is 6.21 Å². The number of hydrogen-bond acceptors (Lipinski definition) is 3. The zero-order valence-electron chi connectivity index (χ0n) is 12.6. The van der Waals surface area contributed by atoms with Gasteiger partial charge in [0.25, 0.3) is 5.56 Å². The summed E-state index contributed by atoms with van der Waals surface area (Å²) in [7, 11) is 0. The molecule has 0 fully saturated rings. The van der Waals surface area contributed by atoms with Crippen molar-refractivity contribution in [2.75, 3.05) is 0 Å². The first-order valence-corrected chi connectivity index (χ1v) is 6.69. The van der Waals surface area contributed by atoms with Crippen molar-refractivity contribution < 1.29 is 0 Å². The maximum atomic E-state index is 12.2. The molecule has 1 aromatic heterocycles. The van der Waals surface area contributed by atoms with Crippen LogP contribution in [0.15, 0.2) is 34.2 Å². The van der Waals surface area contributed by atoms with Gasteiger partial charge in [-0.2, -0.15) is 10.4 Å². The lowest BCUT2D eigenvalue weighted by Gasteiger charge is -2.07. The van der Waals surface area contributed by atoms with Gasteiger partial charge in [-0.3, -0.25) is 4.79 Å². The molecule has 0 unspecified atom stereocenters. The van der Waals surface area contributed by atoms with Crippen LogP contribution in [0.25, 0.3) is 0 Å². The molecule has 0 aliphatic rings. The molecule has 0 amide bonds. The molecule has 0 radical (unpaired) electrons. The summed E-state index contributed by atoms with van der Waals surface area (Å²) in [6.07, 6.45) is 1.65. The van der Waals surface area contributed by atoms with Crippen LogP contribution in [0.4, 0.5) is 0 Å². The van der Waals surface area contributed by atoms with Gasteiger partial charge in [0, 0.05) is 5.69 Å². The van der Waals surface area contributed by atoms with Gasteiger partial charge in [0.1, 0.15) is 11.6 Å². The number of benzene rings is 1. The third-order valence-electron chi connectivity index (χ3n) is 3.41. The van der Waals surface area contributed by atoms with Gasteiger partial charge in [0.2, 0.25) is 0 Å². The van der Waals surface area contributed by atoms with Crippen molar-refractivity contribution in [1.82, 2.24) is 4.68 Å². The Morgan fingerprint density at radius 3 is 2.48 bits per heavy atom. The molecule has 2 rings (SSSR count). The predicted octanol–water partition coefficient (Wildman–Crippen LogP) is 2.84. The van der Waals surface area contributed by atoms with Crippen LogP contribution in [0.3, 0.4) is 0 Å². The molecule has 0 N–H and O–H groups in total. The van der Waals surface area contributed by atoms with Crippen LogP contribution in [-0.2, 0) is 0 Å².